The van der Waals surface area contributed by atoms with Crippen molar-refractivity contribution in [3.05, 3.63) is 33.3 Å². The highest BCUT2D eigenvalue weighted by atomic mass is 79.9. The lowest BCUT2D eigenvalue weighted by Gasteiger charge is -2.18. The average molecular weight is 266 g/mol. The molecule has 1 aromatic carbocycles. The highest BCUT2D eigenvalue weighted by Gasteiger charge is 2.44. The molecular weight excluding hydrogens is 250 g/mol. The molecule has 2 N–H and O–H groups in total. The number of rotatable bonds is 2. The zero-order chi connectivity index (χ0) is 10.5. The summed E-state index contributed by atoms with van der Waals surface area (Å²) in [5.74, 6) is 0. The van der Waals surface area contributed by atoms with Crippen LogP contribution in [0.25, 0.3) is 0 Å². The van der Waals surface area contributed by atoms with Crippen molar-refractivity contribution in [1.82, 2.24) is 0 Å². The fraction of sp³-hybridized carbons (Fsp3) is 0.538. The van der Waals surface area contributed by atoms with E-state index >= 15 is 0 Å². The molecule has 2 aliphatic carbocycles. The van der Waals surface area contributed by atoms with Crippen LogP contribution in [0.2, 0.25) is 0 Å². The third kappa shape index (κ3) is 1.46. The van der Waals surface area contributed by atoms with E-state index in [4.69, 9.17) is 5.73 Å². The number of benzene rings is 1. The van der Waals surface area contributed by atoms with E-state index in [-0.39, 0.29) is 0 Å². The lowest BCUT2D eigenvalue weighted by atomic mass is 9.89. The molecule has 1 nitrogen and oxygen atoms in total. The zero-order valence-corrected chi connectivity index (χ0v) is 10.4. The van der Waals surface area contributed by atoms with E-state index in [9.17, 15) is 0 Å². The Labute approximate surface area is 99.2 Å². The maximum absolute atomic E-state index is 5.93. The van der Waals surface area contributed by atoms with Crippen LogP contribution < -0.4 is 5.73 Å². The molecule has 0 bridgehead atoms. The van der Waals surface area contributed by atoms with Gasteiger partial charge in [0, 0.05) is 16.4 Å². The summed E-state index contributed by atoms with van der Waals surface area (Å²) < 4.78 is 1.23. The minimum atomic E-state index is 0.345. The minimum Gasteiger partial charge on any atom is -0.330 e. The van der Waals surface area contributed by atoms with Crippen molar-refractivity contribution >= 4 is 15.9 Å². The molecule has 1 aromatic rings. The van der Waals surface area contributed by atoms with Gasteiger partial charge in [-0.25, -0.2) is 0 Å². The largest absolute Gasteiger partial charge is 0.330 e. The molecule has 0 amide bonds. The van der Waals surface area contributed by atoms with Crippen molar-refractivity contribution < 1.29 is 0 Å². The first-order valence-corrected chi connectivity index (χ1v) is 6.56. The highest BCUT2D eigenvalue weighted by Crippen LogP contribution is 2.50. The van der Waals surface area contributed by atoms with Gasteiger partial charge >= 0.3 is 0 Å². The molecule has 2 aliphatic rings. The van der Waals surface area contributed by atoms with Gasteiger partial charge in [-0.15, -0.1) is 0 Å². The van der Waals surface area contributed by atoms with Gasteiger partial charge in [-0.2, -0.15) is 0 Å². The Hall–Kier alpha value is -0.340. The third-order valence-corrected chi connectivity index (χ3v) is 4.45. The average Bonchev–Trinajstić information content (AvgIpc) is 2.90. The van der Waals surface area contributed by atoms with E-state index in [1.54, 1.807) is 16.7 Å². The Kier molecular flexibility index (Phi) is 2.18. The Balaban J connectivity index is 2.15. The van der Waals surface area contributed by atoms with Crippen LogP contribution in [0.5, 0.6) is 0 Å². The first kappa shape index (κ1) is 9.86. The second-order valence-electron chi connectivity index (χ2n) is 4.93. The molecule has 0 atom stereocenters. The van der Waals surface area contributed by atoms with Gasteiger partial charge in [0.25, 0.3) is 0 Å². The minimum absolute atomic E-state index is 0.345. The summed E-state index contributed by atoms with van der Waals surface area (Å²) in [5, 5.41) is 0. The quantitative estimate of drug-likeness (QED) is 0.875. The predicted octanol–water partition coefficient (Wildman–Crippen LogP) is 2.93. The molecule has 0 radical (unpaired) electrons. The summed E-state index contributed by atoms with van der Waals surface area (Å²) >= 11 is 3.62. The van der Waals surface area contributed by atoms with Crippen molar-refractivity contribution in [2.24, 2.45) is 5.73 Å². The summed E-state index contributed by atoms with van der Waals surface area (Å²) in [4.78, 5) is 0. The van der Waals surface area contributed by atoms with Crippen molar-refractivity contribution in [3.63, 3.8) is 0 Å². The number of fused-ring (bicyclic) bond motifs is 1. The Bertz CT molecular complexity index is 407. The fourth-order valence-corrected chi connectivity index (χ4v) is 3.38. The van der Waals surface area contributed by atoms with Crippen LogP contribution in [0.4, 0.5) is 0 Å². The van der Waals surface area contributed by atoms with Crippen LogP contribution in [-0.2, 0) is 18.3 Å². The maximum Gasteiger partial charge on any atom is 0.0181 e. The molecule has 0 spiro atoms. The summed E-state index contributed by atoms with van der Waals surface area (Å²) in [5.41, 5.74) is 11.0. The third-order valence-electron chi connectivity index (χ3n) is 4.00. The van der Waals surface area contributed by atoms with Crippen molar-refractivity contribution in [2.45, 2.75) is 37.5 Å². The normalized spacial score (nSPS) is 21.5. The molecule has 0 aromatic heterocycles. The van der Waals surface area contributed by atoms with E-state index in [0.717, 1.165) is 6.54 Å². The van der Waals surface area contributed by atoms with Gasteiger partial charge < -0.3 is 5.73 Å². The van der Waals surface area contributed by atoms with Crippen molar-refractivity contribution in [2.75, 3.05) is 6.54 Å². The SMILES string of the molecule is NCC1(c2cc(Br)cc3c2CCC3)CC1. The second kappa shape index (κ2) is 3.33. The maximum atomic E-state index is 5.93. The van der Waals surface area contributed by atoms with Crippen molar-refractivity contribution in [1.29, 1.82) is 0 Å². The van der Waals surface area contributed by atoms with Crippen LogP contribution >= 0.6 is 15.9 Å². The number of aryl methyl sites for hydroxylation is 1. The highest BCUT2D eigenvalue weighted by molar-refractivity contribution is 9.10. The van der Waals surface area contributed by atoms with Gasteiger partial charge in [0.05, 0.1) is 0 Å². The van der Waals surface area contributed by atoms with Crippen LogP contribution in [0.15, 0.2) is 16.6 Å². The number of hydrogen-bond acceptors (Lipinski definition) is 1. The van der Waals surface area contributed by atoms with Crippen LogP contribution in [0, 0.1) is 0 Å². The molecule has 0 saturated heterocycles. The molecule has 0 unspecified atom stereocenters. The van der Waals surface area contributed by atoms with Crippen LogP contribution in [-0.4, -0.2) is 6.54 Å². The van der Waals surface area contributed by atoms with Gasteiger partial charge in [-0.1, -0.05) is 15.9 Å². The summed E-state index contributed by atoms with van der Waals surface area (Å²) in [6.07, 6.45) is 6.40. The topological polar surface area (TPSA) is 26.0 Å². The second-order valence-corrected chi connectivity index (χ2v) is 5.84. The monoisotopic (exact) mass is 265 g/mol. The lowest BCUT2D eigenvalue weighted by Crippen LogP contribution is -2.21. The summed E-state index contributed by atoms with van der Waals surface area (Å²) in [6, 6.07) is 4.60. The molecule has 3 rings (SSSR count). The standard InChI is InChI=1S/C13H16BrN/c14-10-6-9-2-1-3-11(9)12(7-10)13(8-15)4-5-13/h6-7H,1-5,8,15H2. The Morgan fingerprint density at radius 1 is 1.27 bits per heavy atom. The Morgan fingerprint density at radius 2 is 2.07 bits per heavy atom. The van der Waals surface area contributed by atoms with Crippen LogP contribution in [0.1, 0.15) is 36.0 Å². The van der Waals surface area contributed by atoms with E-state index in [1.807, 2.05) is 0 Å². The molecule has 0 heterocycles. The van der Waals surface area contributed by atoms with E-state index in [1.165, 1.54) is 36.6 Å². The number of hydrogen-bond donors (Lipinski definition) is 1. The van der Waals surface area contributed by atoms with Gasteiger partial charge in [-0.3, -0.25) is 0 Å². The smallest absolute Gasteiger partial charge is 0.0181 e. The van der Waals surface area contributed by atoms with E-state index in [2.05, 4.69) is 28.1 Å². The lowest BCUT2D eigenvalue weighted by molar-refractivity contribution is 0.694. The number of halogens is 1. The first-order chi connectivity index (χ1) is 7.25. The summed E-state index contributed by atoms with van der Waals surface area (Å²) in [7, 11) is 0. The molecule has 2 heteroatoms. The molecular formula is C13H16BrN. The zero-order valence-electron chi connectivity index (χ0n) is 8.85. The van der Waals surface area contributed by atoms with Crippen LogP contribution in [0.3, 0.4) is 0 Å². The van der Waals surface area contributed by atoms with Gasteiger partial charge in [-0.05, 0) is 60.9 Å². The number of nitrogens with two attached hydrogens (primary N) is 1. The first-order valence-electron chi connectivity index (χ1n) is 5.77. The molecule has 0 aliphatic heterocycles. The van der Waals surface area contributed by atoms with Crippen molar-refractivity contribution in [3.8, 4) is 0 Å². The Morgan fingerprint density at radius 3 is 2.73 bits per heavy atom. The molecule has 15 heavy (non-hydrogen) atoms. The molecule has 1 fully saturated rings. The van der Waals surface area contributed by atoms with Gasteiger partial charge in [0.1, 0.15) is 0 Å². The fourth-order valence-electron chi connectivity index (χ4n) is 2.87. The molecule has 80 valence electrons. The van der Waals surface area contributed by atoms with E-state index in [0.29, 0.717) is 5.41 Å². The van der Waals surface area contributed by atoms with Gasteiger partial charge in [0.15, 0.2) is 0 Å². The molecule has 1 saturated carbocycles. The van der Waals surface area contributed by atoms with Gasteiger partial charge in [0.2, 0.25) is 0 Å². The van der Waals surface area contributed by atoms with E-state index < -0.39 is 0 Å². The summed E-state index contributed by atoms with van der Waals surface area (Å²) in [6.45, 7) is 0.815. The predicted molar refractivity (Wildman–Crippen MR) is 66.1 cm³/mol.